The van der Waals surface area contributed by atoms with Crippen molar-refractivity contribution in [2.45, 2.75) is 19.1 Å². The lowest BCUT2D eigenvalue weighted by molar-refractivity contribution is 0.174. The third-order valence-corrected chi connectivity index (χ3v) is 3.21. The van der Waals surface area contributed by atoms with Gasteiger partial charge < -0.3 is 10.8 Å². The topological polar surface area (TPSA) is 49.5 Å². The lowest BCUT2D eigenvalue weighted by Crippen LogP contribution is -2.22. The highest BCUT2D eigenvalue weighted by Gasteiger charge is 2.21. The highest BCUT2D eigenvalue weighted by molar-refractivity contribution is 7.80. The number of aliphatic hydroxyl groups is 1. The van der Waals surface area contributed by atoms with Gasteiger partial charge in [0.1, 0.15) is 10.8 Å². The van der Waals surface area contributed by atoms with Crippen LogP contribution in [-0.4, -0.2) is 34.2 Å². The molecule has 5 heteroatoms. The zero-order valence-electron chi connectivity index (χ0n) is 9.40. The van der Waals surface area contributed by atoms with Gasteiger partial charge in [-0.3, -0.25) is 4.90 Å². The number of thiocarbonyl (C=S) groups is 1. The van der Waals surface area contributed by atoms with Crippen molar-refractivity contribution in [2.24, 2.45) is 5.73 Å². The normalized spacial score (nSPS) is 20.7. The number of benzene rings is 1. The summed E-state index contributed by atoms with van der Waals surface area (Å²) in [4.78, 5) is 2.23. The number of halogens is 1. The Labute approximate surface area is 105 Å². The van der Waals surface area contributed by atoms with E-state index in [0.717, 1.165) is 13.0 Å². The molecule has 1 saturated heterocycles. The van der Waals surface area contributed by atoms with Gasteiger partial charge in [0, 0.05) is 30.8 Å². The molecule has 0 bridgehead atoms. The van der Waals surface area contributed by atoms with Crippen LogP contribution in [0.25, 0.3) is 0 Å². The maximum Gasteiger partial charge on any atom is 0.128 e. The average Bonchev–Trinajstić information content (AvgIpc) is 2.67. The molecule has 3 nitrogen and oxygen atoms in total. The fourth-order valence-electron chi connectivity index (χ4n) is 2.03. The Bertz CT molecular complexity index is 439. The minimum Gasteiger partial charge on any atom is -0.392 e. The molecule has 1 aliphatic rings. The first-order valence-corrected chi connectivity index (χ1v) is 5.95. The van der Waals surface area contributed by atoms with Crippen LogP contribution in [0.1, 0.15) is 17.5 Å². The zero-order chi connectivity index (χ0) is 12.4. The second-order valence-corrected chi connectivity index (χ2v) is 4.79. The molecule has 17 heavy (non-hydrogen) atoms. The van der Waals surface area contributed by atoms with Crippen LogP contribution in [0.5, 0.6) is 0 Å². The van der Waals surface area contributed by atoms with Crippen molar-refractivity contribution in [1.29, 1.82) is 0 Å². The van der Waals surface area contributed by atoms with E-state index in [2.05, 4.69) is 0 Å². The van der Waals surface area contributed by atoms with Gasteiger partial charge in [-0.25, -0.2) is 4.39 Å². The van der Waals surface area contributed by atoms with E-state index < -0.39 is 0 Å². The van der Waals surface area contributed by atoms with Crippen LogP contribution in [0, 0.1) is 5.82 Å². The number of likely N-dealkylation sites (tertiary alicyclic amines) is 1. The van der Waals surface area contributed by atoms with Crippen molar-refractivity contribution in [3.63, 3.8) is 0 Å². The van der Waals surface area contributed by atoms with Gasteiger partial charge in [0.2, 0.25) is 0 Å². The molecule has 0 saturated carbocycles. The Balaban J connectivity index is 2.09. The minimum absolute atomic E-state index is 0.201. The van der Waals surface area contributed by atoms with Crippen LogP contribution in [-0.2, 0) is 6.54 Å². The summed E-state index contributed by atoms with van der Waals surface area (Å²) >= 11 is 4.79. The minimum atomic E-state index is -0.295. The lowest BCUT2D eigenvalue weighted by Gasteiger charge is -2.15. The van der Waals surface area contributed by atoms with Gasteiger partial charge in [-0.15, -0.1) is 0 Å². The van der Waals surface area contributed by atoms with Crippen molar-refractivity contribution in [2.75, 3.05) is 13.1 Å². The second kappa shape index (κ2) is 5.08. The summed E-state index contributed by atoms with van der Waals surface area (Å²) in [6.45, 7) is 1.93. The van der Waals surface area contributed by atoms with E-state index in [1.165, 1.54) is 6.07 Å². The zero-order valence-corrected chi connectivity index (χ0v) is 10.2. The Morgan fingerprint density at radius 2 is 2.35 bits per heavy atom. The molecule has 3 N–H and O–H groups in total. The summed E-state index contributed by atoms with van der Waals surface area (Å²) in [5, 5.41) is 9.39. The van der Waals surface area contributed by atoms with E-state index in [0.29, 0.717) is 24.2 Å². The third kappa shape index (κ3) is 3.00. The van der Waals surface area contributed by atoms with Crippen LogP contribution < -0.4 is 5.73 Å². The number of hydrogen-bond donors (Lipinski definition) is 2. The first-order chi connectivity index (χ1) is 8.06. The van der Waals surface area contributed by atoms with Crippen molar-refractivity contribution in [3.8, 4) is 0 Å². The molecule has 1 aliphatic heterocycles. The largest absolute Gasteiger partial charge is 0.392 e. The van der Waals surface area contributed by atoms with Gasteiger partial charge >= 0.3 is 0 Å². The highest BCUT2D eigenvalue weighted by atomic mass is 32.1. The Morgan fingerprint density at radius 3 is 2.88 bits per heavy atom. The lowest BCUT2D eigenvalue weighted by atomic mass is 10.1. The van der Waals surface area contributed by atoms with Crippen LogP contribution in [0.3, 0.4) is 0 Å². The summed E-state index contributed by atoms with van der Waals surface area (Å²) in [5.41, 5.74) is 6.59. The fourth-order valence-corrected chi connectivity index (χ4v) is 2.15. The quantitative estimate of drug-likeness (QED) is 0.791. The molecule has 1 atom stereocenters. The predicted octanol–water partition coefficient (Wildman–Crippen LogP) is 1.03. The van der Waals surface area contributed by atoms with Crippen LogP contribution in [0.15, 0.2) is 18.2 Å². The molecule has 1 aromatic rings. The molecule has 1 heterocycles. The molecule has 1 aromatic carbocycles. The first-order valence-electron chi connectivity index (χ1n) is 5.55. The molecule has 0 aromatic heterocycles. The van der Waals surface area contributed by atoms with Gasteiger partial charge in [-0.2, -0.15) is 0 Å². The third-order valence-electron chi connectivity index (χ3n) is 2.98. The standard InChI is InChI=1S/C12H15FN2OS/c13-11-5-8(12(14)17)1-2-9(11)6-15-4-3-10(16)7-15/h1-2,5,10,16H,3-4,6-7H2,(H2,14,17). The number of nitrogens with zero attached hydrogens (tertiary/aromatic N) is 1. The average molecular weight is 254 g/mol. The second-order valence-electron chi connectivity index (χ2n) is 4.35. The first kappa shape index (κ1) is 12.4. The van der Waals surface area contributed by atoms with E-state index in [1.54, 1.807) is 12.1 Å². The number of hydrogen-bond acceptors (Lipinski definition) is 3. The molecule has 2 rings (SSSR count). The number of nitrogens with two attached hydrogens (primary N) is 1. The van der Waals surface area contributed by atoms with Gasteiger partial charge in [0.25, 0.3) is 0 Å². The molecule has 0 radical (unpaired) electrons. The molecule has 0 spiro atoms. The monoisotopic (exact) mass is 254 g/mol. The molecular formula is C12H15FN2OS. The van der Waals surface area contributed by atoms with Crippen molar-refractivity contribution < 1.29 is 9.50 Å². The van der Waals surface area contributed by atoms with Gasteiger partial charge in [0.15, 0.2) is 0 Å². The summed E-state index contributed by atoms with van der Waals surface area (Å²) < 4.78 is 13.8. The van der Waals surface area contributed by atoms with Crippen LogP contribution in [0.2, 0.25) is 0 Å². The molecular weight excluding hydrogens is 239 g/mol. The fraction of sp³-hybridized carbons (Fsp3) is 0.417. The summed E-state index contributed by atoms with van der Waals surface area (Å²) in [5.74, 6) is -0.295. The van der Waals surface area contributed by atoms with Crippen LogP contribution >= 0.6 is 12.2 Å². The number of rotatable bonds is 3. The van der Waals surface area contributed by atoms with E-state index in [4.69, 9.17) is 18.0 Å². The summed E-state index contributed by atoms with van der Waals surface area (Å²) in [6, 6.07) is 4.80. The Morgan fingerprint density at radius 1 is 1.59 bits per heavy atom. The van der Waals surface area contributed by atoms with Crippen molar-refractivity contribution in [3.05, 3.63) is 35.1 Å². The number of β-amino-alcohol motifs (C(OH)–C–C–N with tert-alkyl or cyclic N) is 1. The van der Waals surface area contributed by atoms with E-state index in [-0.39, 0.29) is 16.9 Å². The summed E-state index contributed by atoms with van der Waals surface area (Å²) in [6.07, 6.45) is 0.473. The number of aliphatic hydroxyl groups excluding tert-OH is 1. The molecule has 0 aliphatic carbocycles. The molecule has 1 unspecified atom stereocenters. The predicted molar refractivity (Wildman–Crippen MR) is 68.2 cm³/mol. The van der Waals surface area contributed by atoms with Crippen molar-refractivity contribution in [1.82, 2.24) is 4.90 Å². The van der Waals surface area contributed by atoms with Crippen LogP contribution in [0.4, 0.5) is 4.39 Å². The molecule has 0 amide bonds. The molecule has 1 fully saturated rings. The van der Waals surface area contributed by atoms with E-state index >= 15 is 0 Å². The SMILES string of the molecule is NC(=S)c1ccc(CN2CCC(O)C2)c(F)c1. The van der Waals surface area contributed by atoms with Crippen molar-refractivity contribution >= 4 is 17.2 Å². The molecule has 92 valence electrons. The summed E-state index contributed by atoms with van der Waals surface area (Å²) in [7, 11) is 0. The maximum atomic E-state index is 13.8. The highest BCUT2D eigenvalue weighted by Crippen LogP contribution is 2.16. The van der Waals surface area contributed by atoms with Gasteiger partial charge in [-0.05, 0) is 12.5 Å². The Hall–Kier alpha value is -1.04. The van der Waals surface area contributed by atoms with E-state index in [1.807, 2.05) is 4.90 Å². The maximum absolute atomic E-state index is 13.8. The van der Waals surface area contributed by atoms with Gasteiger partial charge in [-0.1, -0.05) is 24.4 Å². The van der Waals surface area contributed by atoms with Gasteiger partial charge in [0.05, 0.1) is 6.10 Å². The smallest absolute Gasteiger partial charge is 0.128 e. The Kier molecular flexibility index (Phi) is 3.71. The van der Waals surface area contributed by atoms with E-state index in [9.17, 15) is 9.50 Å².